The molecule has 0 nitrogen and oxygen atoms in total. The Bertz CT molecular complexity index is 1540. The van der Waals surface area contributed by atoms with Crippen molar-refractivity contribution in [2.75, 3.05) is 0 Å². The molecule has 2 aromatic carbocycles. The van der Waals surface area contributed by atoms with Crippen LogP contribution in [0.15, 0.2) is 56.9 Å². The molecule has 0 aliphatic heterocycles. The van der Waals surface area contributed by atoms with E-state index in [2.05, 4.69) is 126 Å². The van der Waals surface area contributed by atoms with Crippen molar-refractivity contribution in [3.05, 3.63) is 90.3 Å². The van der Waals surface area contributed by atoms with Crippen LogP contribution >= 0.6 is 0 Å². The third-order valence-electron chi connectivity index (χ3n) is 10.1. The summed E-state index contributed by atoms with van der Waals surface area (Å²) in [4.78, 5) is 0. The Kier molecular flexibility index (Phi) is 8.53. The van der Waals surface area contributed by atoms with Crippen molar-refractivity contribution >= 4 is 14.4 Å². The van der Waals surface area contributed by atoms with Gasteiger partial charge in [0, 0.05) is 0 Å². The maximum absolute atomic E-state index is 2.66. The molecule has 3 heteroatoms. The van der Waals surface area contributed by atoms with E-state index >= 15 is 0 Å². The van der Waals surface area contributed by atoms with Gasteiger partial charge in [-0.2, -0.15) is 0 Å². The first-order valence-corrected chi connectivity index (χ1v) is 18.9. The zero-order chi connectivity index (χ0) is 28.3. The van der Waals surface area contributed by atoms with Crippen molar-refractivity contribution in [2.24, 2.45) is 11.8 Å². The molecule has 0 fully saturated rings. The molecule has 2 aromatic rings. The summed E-state index contributed by atoms with van der Waals surface area (Å²) in [7, 11) is 0. The Labute approximate surface area is 269 Å². The summed E-state index contributed by atoms with van der Waals surface area (Å²) in [5.41, 5.74) is 18.6. The summed E-state index contributed by atoms with van der Waals surface area (Å²) in [6.45, 7) is 28.8. The van der Waals surface area contributed by atoms with E-state index in [0.29, 0.717) is 15.5 Å². The molecule has 0 saturated carbocycles. The maximum atomic E-state index is 2.66. The largest absolute Gasteiger partial charge is 1.00 e. The van der Waals surface area contributed by atoms with E-state index in [1.54, 1.807) is 25.5 Å². The Morgan fingerprint density at radius 2 is 1.17 bits per heavy atom. The predicted octanol–water partition coefficient (Wildman–Crippen LogP) is 4.49. The molecule has 1 unspecified atom stereocenters. The quantitative estimate of drug-likeness (QED) is 0.454. The molecule has 0 heterocycles. The van der Waals surface area contributed by atoms with Gasteiger partial charge in [-0.15, -0.1) is 0 Å². The second-order valence-electron chi connectivity index (χ2n) is 14.5. The standard InChI is InChI=1S/C25H25.C10H15.C3H6.2ClH.Zr/c1-14-12-24(3,4)22-8-16-7-17-9-23-19(15(2)13-25(23,5)6)11-21(17)20(16)10-18(14)22;1-7(2)10-6-8(3)5-9(10)4;1-3-2;;;/h7-13H,1-6H3;6-8H,1-4H3;1-2H3;2*1H;/q;;;;;+2/p-2. The summed E-state index contributed by atoms with van der Waals surface area (Å²) < 4.78 is 4.11. The van der Waals surface area contributed by atoms with E-state index < -0.39 is 21.3 Å². The van der Waals surface area contributed by atoms with E-state index in [1.165, 1.54) is 44.5 Å². The van der Waals surface area contributed by atoms with Crippen LogP contribution in [0.25, 0.3) is 22.3 Å². The molecule has 1 atom stereocenters. The summed E-state index contributed by atoms with van der Waals surface area (Å²) in [6.07, 6.45) is 7.58. The van der Waals surface area contributed by atoms with Crippen LogP contribution in [0.5, 0.6) is 0 Å². The van der Waals surface area contributed by atoms with Gasteiger partial charge >= 0.3 is 246 Å². The van der Waals surface area contributed by atoms with Crippen LogP contribution in [0.4, 0.5) is 0 Å². The molecule has 0 N–H and O–H groups in total. The average Bonchev–Trinajstić information content (AvgIpc) is 3.45. The van der Waals surface area contributed by atoms with E-state index in [9.17, 15) is 0 Å². The summed E-state index contributed by atoms with van der Waals surface area (Å²) >= 11 is -2.35. The minimum Gasteiger partial charge on any atom is -1.00 e. The number of halogens is 2. The van der Waals surface area contributed by atoms with Gasteiger partial charge in [-0.1, -0.05) is 0 Å². The minimum atomic E-state index is -2.35. The number of allylic oxidation sites excluding steroid dienone is 8. The van der Waals surface area contributed by atoms with Gasteiger partial charge in [0.2, 0.25) is 0 Å². The van der Waals surface area contributed by atoms with Gasteiger partial charge in [-0.3, -0.25) is 0 Å². The maximum Gasteiger partial charge on any atom is -1.00 e. The molecule has 0 spiro atoms. The van der Waals surface area contributed by atoms with Crippen molar-refractivity contribution in [3.63, 3.8) is 0 Å². The molecule has 0 saturated heterocycles. The number of hydrogen-bond acceptors (Lipinski definition) is 0. The molecule has 6 rings (SSSR count). The van der Waals surface area contributed by atoms with Gasteiger partial charge in [-0.25, -0.2) is 0 Å². The predicted molar refractivity (Wildman–Crippen MR) is 168 cm³/mol. The fourth-order valence-electron chi connectivity index (χ4n) is 8.53. The first-order valence-electron chi connectivity index (χ1n) is 15.0. The summed E-state index contributed by atoms with van der Waals surface area (Å²) in [6, 6.07) is 10.5. The van der Waals surface area contributed by atoms with Gasteiger partial charge in [-0.05, 0) is 0 Å². The monoisotopic (exact) mass is 662 g/mol. The average molecular weight is 665 g/mol. The third kappa shape index (κ3) is 4.76. The Hall–Kier alpha value is -1.27. The number of benzene rings is 2. The minimum absolute atomic E-state index is 0. The summed E-state index contributed by atoms with van der Waals surface area (Å²) in [5.74, 6) is 1.15. The van der Waals surface area contributed by atoms with Crippen LogP contribution in [0.3, 0.4) is 0 Å². The van der Waals surface area contributed by atoms with Gasteiger partial charge in [0.15, 0.2) is 0 Å². The first kappa shape index (κ1) is 32.6. The SMILES string of the molecule is CC1=CC(C)(C)c2cc3c(cc21)-c1cc2c(cc1[CH]3[Zr+2]([C]1=C(C)C(C(C)C)=CC1C)=[C](C)C)C(C)(C)C=C2C.[Cl-].[Cl-]. The molecular formula is C38H46Cl2Zr. The van der Waals surface area contributed by atoms with Crippen LogP contribution in [0.2, 0.25) is 0 Å². The van der Waals surface area contributed by atoms with Crippen LogP contribution in [-0.2, 0) is 32.1 Å². The normalized spacial score (nSPS) is 20.7. The second kappa shape index (κ2) is 10.7. The Balaban J connectivity index is 0.00000194. The van der Waals surface area contributed by atoms with E-state index in [-0.39, 0.29) is 35.6 Å². The molecule has 0 radical (unpaired) electrons. The first-order chi connectivity index (χ1) is 18.1. The van der Waals surface area contributed by atoms with Crippen LogP contribution in [-0.4, -0.2) is 3.21 Å². The number of hydrogen-bond donors (Lipinski definition) is 0. The van der Waals surface area contributed by atoms with Crippen molar-refractivity contribution in [3.8, 4) is 11.1 Å². The molecule has 216 valence electrons. The van der Waals surface area contributed by atoms with Gasteiger partial charge in [0.25, 0.3) is 0 Å². The second-order valence-corrected chi connectivity index (χ2v) is 21.8. The fraction of sp³-hybridized carbons (Fsp3) is 0.447. The van der Waals surface area contributed by atoms with Crippen molar-refractivity contribution < 1.29 is 46.1 Å². The van der Waals surface area contributed by atoms with Crippen LogP contribution in [0, 0.1) is 11.8 Å². The van der Waals surface area contributed by atoms with Crippen molar-refractivity contribution in [2.45, 2.75) is 97.5 Å². The summed E-state index contributed by atoms with van der Waals surface area (Å²) in [5, 5.41) is 0. The Morgan fingerprint density at radius 3 is 1.54 bits per heavy atom. The molecule has 4 aliphatic rings. The Morgan fingerprint density at radius 1 is 0.732 bits per heavy atom. The van der Waals surface area contributed by atoms with E-state index in [4.69, 9.17) is 0 Å². The van der Waals surface area contributed by atoms with Gasteiger partial charge in [0.05, 0.1) is 0 Å². The topological polar surface area (TPSA) is 0 Å². The molecular weight excluding hydrogens is 619 g/mol. The van der Waals surface area contributed by atoms with Gasteiger partial charge in [0.1, 0.15) is 0 Å². The zero-order valence-corrected chi connectivity index (χ0v) is 31.0. The van der Waals surface area contributed by atoms with E-state index in [0.717, 1.165) is 0 Å². The zero-order valence-electron chi connectivity index (χ0n) is 27.0. The fourth-order valence-corrected chi connectivity index (χ4v) is 17.5. The molecule has 0 amide bonds. The smallest absolute Gasteiger partial charge is 1.00 e. The molecule has 0 aromatic heterocycles. The number of rotatable bonds is 3. The van der Waals surface area contributed by atoms with Crippen molar-refractivity contribution in [1.29, 1.82) is 0 Å². The molecule has 4 aliphatic carbocycles. The van der Waals surface area contributed by atoms with Crippen LogP contribution in [0.1, 0.15) is 120 Å². The van der Waals surface area contributed by atoms with E-state index in [1.807, 2.05) is 3.28 Å². The number of fused-ring (bicyclic) bond motifs is 5. The third-order valence-corrected chi connectivity index (χ3v) is 19.2. The molecule has 41 heavy (non-hydrogen) atoms. The van der Waals surface area contributed by atoms with Gasteiger partial charge < -0.3 is 24.8 Å². The van der Waals surface area contributed by atoms with Crippen LogP contribution < -0.4 is 24.8 Å². The molecule has 0 bridgehead atoms. The van der Waals surface area contributed by atoms with Crippen molar-refractivity contribution in [1.82, 2.24) is 0 Å².